The van der Waals surface area contributed by atoms with E-state index in [1.165, 1.54) is 22.7 Å². The first-order valence-corrected chi connectivity index (χ1v) is 13.4. The van der Waals surface area contributed by atoms with E-state index >= 15 is 0 Å². The monoisotopic (exact) mass is 509 g/mol. The highest BCUT2D eigenvalue weighted by Gasteiger charge is 2.44. The van der Waals surface area contributed by atoms with Gasteiger partial charge in [0.15, 0.2) is 5.76 Å². The first-order chi connectivity index (χ1) is 17.0. The molecule has 1 N–H and O–H groups in total. The SMILES string of the molecule is Cc1nc(-c2ccccc2)sc1C(=O)C1=C(O)C(=O)N(CCCN2CCOCC2)[C@H]1c1cccs1. The van der Waals surface area contributed by atoms with E-state index < -0.39 is 17.7 Å². The van der Waals surface area contributed by atoms with Gasteiger partial charge in [-0.3, -0.25) is 14.5 Å². The summed E-state index contributed by atoms with van der Waals surface area (Å²) in [7, 11) is 0. The summed E-state index contributed by atoms with van der Waals surface area (Å²) in [5.74, 6) is -1.27. The molecular weight excluding hydrogens is 482 g/mol. The molecular formula is C26H27N3O4S2. The largest absolute Gasteiger partial charge is 0.503 e. The Morgan fingerprint density at radius 1 is 1.14 bits per heavy atom. The molecule has 0 aliphatic carbocycles. The minimum atomic E-state index is -0.596. The summed E-state index contributed by atoms with van der Waals surface area (Å²) < 4.78 is 5.41. The molecule has 0 bridgehead atoms. The van der Waals surface area contributed by atoms with E-state index in [1.807, 2.05) is 47.8 Å². The second kappa shape index (κ2) is 10.4. The number of aliphatic hydroxyl groups excluding tert-OH is 1. The van der Waals surface area contributed by atoms with Gasteiger partial charge in [-0.25, -0.2) is 4.98 Å². The van der Waals surface area contributed by atoms with Gasteiger partial charge >= 0.3 is 0 Å². The number of aryl methyl sites for hydroxylation is 1. The zero-order valence-corrected chi connectivity index (χ0v) is 21.1. The van der Waals surface area contributed by atoms with Crippen LogP contribution in [0.4, 0.5) is 0 Å². The number of ether oxygens (including phenoxy) is 1. The molecule has 2 aromatic heterocycles. The average Bonchev–Trinajstić information content (AvgIpc) is 3.60. The average molecular weight is 510 g/mol. The van der Waals surface area contributed by atoms with Crippen LogP contribution < -0.4 is 0 Å². The van der Waals surface area contributed by atoms with Crippen molar-refractivity contribution in [1.29, 1.82) is 0 Å². The predicted molar refractivity (Wildman–Crippen MR) is 137 cm³/mol. The van der Waals surface area contributed by atoms with Crippen LogP contribution in [0.15, 0.2) is 59.2 Å². The van der Waals surface area contributed by atoms with Crippen LogP contribution in [0.3, 0.4) is 0 Å². The summed E-state index contributed by atoms with van der Waals surface area (Å²) in [5.41, 5.74) is 1.68. The number of thiophene rings is 1. The molecule has 1 fully saturated rings. The summed E-state index contributed by atoms with van der Waals surface area (Å²) in [6.45, 7) is 6.29. The smallest absolute Gasteiger partial charge is 0.290 e. The topological polar surface area (TPSA) is 83.0 Å². The van der Waals surface area contributed by atoms with Crippen LogP contribution in [0, 0.1) is 6.92 Å². The Balaban J connectivity index is 1.41. The van der Waals surface area contributed by atoms with Crippen LogP contribution in [-0.4, -0.2) is 71.0 Å². The fourth-order valence-corrected chi connectivity index (χ4v) is 6.45. The lowest BCUT2D eigenvalue weighted by molar-refractivity contribution is -0.129. The van der Waals surface area contributed by atoms with Crippen molar-refractivity contribution in [1.82, 2.24) is 14.8 Å². The van der Waals surface area contributed by atoms with Crippen LogP contribution in [-0.2, 0) is 9.53 Å². The van der Waals surface area contributed by atoms with Crippen molar-refractivity contribution in [3.05, 3.63) is 74.6 Å². The molecule has 0 spiro atoms. The van der Waals surface area contributed by atoms with Crippen molar-refractivity contribution in [2.45, 2.75) is 19.4 Å². The van der Waals surface area contributed by atoms with Crippen molar-refractivity contribution in [2.24, 2.45) is 0 Å². The molecule has 0 radical (unpaired) electrons. The number of ketones is 1. The Morgan fingerprint density at radius 3 is 2.63 bits per heavy atom. The maximum atomic E-state index is 13.8. The van der Waals surface area contributed by atoms with Crippen molar-refractivity contribution in [3.63, 3.8) is 0 Å². The number of carbonyl (C=O) groups is 2. The molecule has 2 aliphatic rings. The number of aromatic nitrogens is 1. The van der Waals surface area contributed by atoms with Crippen LogP contribution >= 0.6 is 22.7 Å². The molecule has 0 unspecified atom stereocenters. The standard InChI is InChI=1S/C26H27N3O4S2/c1-17-24(35-25(27-17)18-7-3-2-4-8-18)22(30)20-21(19-9-5-16-34-19)29(26(32)23(20)31)11-6-10-28-12-14-33-15-13-28/h2-5,7-9,16,21,31H,6,10-15H2,1H3/t21-/m0/s1. The Morgan fingerprint density at radius 2 is 1.91 bits per heavy atom. The van der Waals surface area contributed by atoms with E-state index in [4.69, 9.17) is 4.74 Å². The number of aliphatic hydroxyl groups is 1. The molecule has 7 nitrogen and oxygen atoms in total. The van der Waals surface area contributed by atoms with Crippen molar-refractivity contribution >= 4 is 34.4 Å². The lowest BCUT2D eigenvalue weighted by atomic mass is 10.00. The highest BCUT2D eigenvalue weighted by molar-refractivity contribution is 7.17. The zero-order chi connectivity index (χ0) is 24.4. The molecule has 182 valence electrons. The number of nitrogens with zero attached hydrogens (tertiary/aromatic N) is 3. The van der Waals surface area contributed by atoms with E-state index in [0.29, 0.717) is 17.1 Å². The Labute approximate surface area is 212 Å². The minimum absolute atomic E-state index is 0.148. The van der Waals surface area contributed by atoms with Gasteiger partial charge in [0, 0.05) is 36.6 Å². The zero-order valence-electron chi connectivity index (χ0n) is 19.5. The van der Waals surface area contributed by atoms with Gasteiger partial charge in [0.25, 0.3) is 5.91 Å². The highest BCUT2D eigenvalue weighted by Crippen LogP contribution is 2.42. The lowest BCUT2D eigenvalue weighted by Crippen LogP contribution is -2.39. The normalized spacial score (nSPS) is 19.1. The number of benzene rings is 1. The number of hydrogen-bond donors (Lipinski definition) is 1. The number of hydrogen-bond acceptors (Lipinski definition) is 8. The Bertz CT molecular complexity index is 1230. The van der Waals surface area contributed by atoms with Crippen LogP contribution in [0.5, 0.6) is 0 Å². The molecule has 9 heteroatoms. The predicted octanol–water partition coefficient (Wildman–Crippen LogP) is 4.48. The maximum Gasteiger partial charge on any atom is 0.290 e. The van der Waals surface area contributed by atoms with Crippen molar-refractivity contribution in [2.75, 3.05) is 39.4 Å². The van der Waals surface area contributed by atoms with E-state index in [2.05, 4.69) is 9.88 Å². The van der Waals surface area contributed by atoms with Crippen LogP contribution in [0.25, 0.3) is 10.6 Å². The molecule has 3 aromatic rings. The second-order valence-corrected chi connectivity index (χ2v) is 10.6. The van der Waals surface area contributed by atoms with E-state index in [0.717, 1.165) is 54.7 Å². The minimum Gasteiger partial charge on any atom is -0.503 e. The fraction of sp³-hybridized carbons (Fsp3) is 0.346. The lowest BCUT2D eigenvalue weighted by Gasteiger charge is -2.29. The number of rotatable bonds is 8. The third kappa shape index (κ3) is 4.81. The summed E-state index contributed by atoms with van der Waals surface area (Å²) in [4.78, 5) is 36.9. The number of morpholine rings is 1. The number of thiazole rings is 1. The molecule has 1 amide bonds. The molecule has 1 aromatic carbocycles. The number of Topliss-reactive ketones (excluding diaryl/α,β-unsaturated/α-hetero) is 1. The summed E-state index contributed by atoms with van der Waals surface area (Å²) in [5, 5.41) is 13.6. The van der Waals surface area contributed by atoms with Crippen LogP contribution in [0.2, 0.25) is 0 Å². The third-order valence-electron chi connectivity index (χ3n) is 6.36. The molecule has 0 saturated carbocycles. The van der Waals surface area contributed by atoms with E-state index in [-0.39, 0.29) is 11.4 Å². The maximum absolute atomic E-state index is 13.8. The van der Waals surface area contributed by atoms with Gasteiger partial charge in [-0.2, -0.15) is 0 Å². The fourth-order valence-electron chi connectivity index (χ4n) is 4.58. The number of amides is 1. The summed E-state index contributed by atoms with van der Waals surface area (Å²) in [6.07, 6.45) is 0.750. The van der Waals surface area contributed by atoms with Gasteiger partial charge in [-0.15, -0.1) is 22.7 Å². The first kappa shape index (κ1) is 23.9. The van der Waals surface area contributed by atoms with E-state index in [1.54, 1.807) is 11.8 Å². The van der Waals surface area contributed by atoms with Crippen molar-refractivity contribution < 1.29 is 19.4 Å². The summed E-state index contributed by atoms with van der Waals surface area (Å²) in [6, 6.07) is 12.9. The van der Waals surface area contributed by atoms with Gasteiger partial charge in [0.1, 0.15) is 5.01 Å². The first-order valence-electron chi connectivity index (χ1n) is 11.7. The highest BCUT2D eigenvalue weighted by atomic mass is 32.1. The van der Waals surface area contributed by atoms with Gasteiger partial charge < -0.3 is 14.7 Å². The van der Waals surface area contributed by atoms with Crippen molar-refractivity contribution in [3.8, 4) is 10.6 Å². The molecule has 1 saturated heterocycles. The molecule has 35 heavy (non-hydrogen) atoms. The van der Waals surface area contributed by atoms with Gasteiger partial charge in [-0.05, 0) is 24.8 Å². The molecule has 1 atom stereocenters. The quantitative estimate of drug-likeness (QED) is 0.451. The van der Waals surface area contributed by atoms with Crippen LogP contribution in [0.1, 0.15) is 32.7 Å². The Hall–Kier alpha value is -2.85. The molecule has 5 rings (SSSR count). The Kier molecular flexibility index (Phi) is 7.10. The second-order valence-electron chi connectivity index (χ2n) is 8.62. The van der Waals surface area contributed by atoms with Gasteiger partial charge in [0.05, 0.1) is 35.4 Å². The third-order valence-corrected chi connectivity index (χ3v) is 8.49. The van der Waals surface area contributed by atoms with Gasteiger partial charge in [-0.1, -0.05) is 36.4 Å². The van der Waals surface area contributed by atoms with E-state index in [9.17, 15) is 14.7 Å². The number of carbonyl (C=O) groups excluding carboxylic acids is 2. The molecule has 2 aliphatic heterocycles. The summed E-state index contributed by atoms with van der Waals surface area (Å²) >= 11 is 2.78. The molecule has 4 heterocycles. The van der Waals surface area contributed by atoms with Gasteiger partial charge in [0.2, 0.25) is 5.78 Å².